The summed E-state index contributed by atoms with van der Waals surface area (Å²) in [6.07, 6.45) is 4.21. The molecule has 1 N–H and O–H groups in total. The van der Waals surface area contributed by atoms with Gasteiger partial charge in [0.15, 0.2) is 0 Å². The van der Waals surface area contributed by atoms with Crippen LogP contribution in [0.15, 0.2) is 0 Å². The van der Waals surface area contributed by atoms with Gasteiger partial charge in [-0.05, 0) is 32.9 Å². The molecule has 0 saturated carbocycles. The molecular weight excluding hydrogens is 234 g/mol. The van der Waals surface area contributed by atoms with Gasteiger partial charge in [0.1, 0.15) is 10.0 Å². The number of hydrogen-bond donors (Lipinski definition) is 1. The summed E-state index contributed by atoms with van der Waals surface area (Å²) < 4.78 is 5.30. The summed E-state index contributed by atoms with van der Waals surface area (Å²) in [4.78, 5) is 0. The highest BCUT2D eigenvalue weighted by molar-refractivity contribution is 7.11. The Bertz CT molecular complexity index is 265. The quantitative estimate of drug-likeness (QED) is 0.652. The Kier molecular flexibility index (Phi) is 8.13. The van der Waals surface area contributed by atoms with Gasteiger partial charge in [0.25, 0.3) is 0 Å². The van der Waals surface area contributed by atoms with E-state index in [-0.39, 0.29) is 0 Å². The smallest absolute Gasteiger partial charge is 0.117 e. The zero-order valence-electron chi connectivity index (χ0n) is 10.9. The average Bonchev–Trinajstić information content (AvgIpc) is 2.78. The van der Waals surface area contributed by atoms with Gasteiger partial charge in [0, 0.05) is 26.1 Å². The number of nitrogens with one attached hydrogen (secondary N) is 1. The molecule has 0 unspecified atom stereocenters. The molecule has 0 spiro atoms. The van der Waals surface area contributed by atoms with Crippen LogP contribution in [-0.2, 0) is 17.6 Å². The van der Waals surface area contributed by atoms with E-state index < -0.39 is 0 Å². The maximum atomic E-state index is 5.30. The Morgan fingerprint density at radius 2 is 1.82 bits per heavy atom. The van der Waals surface area contributed by atoms with E-state index in [9.17, 15) is 0 Å². The van der Waals surface area contributed by atoms with Gasteiger partial charge >= 0.3 is 0 Å². The van der Waals surface area contributed by atoms with Crippen molar-refractivity contribution in [3.8, 4) is 0 Å². The van der Waals surface area contributed by atoms with Crippen LogP contribution >= 0.6 is 11.3 Å². The van der Waals surface area contributed by atoms with Crippen molar-refractivity contribution < 1.29 is 4.74 Å². The number of ether oxygens (including phenoxy) is 1. The van der Waals surface area contributed by atoms with Crippen LogP contribution in [0.25, 0.3) is 0 Å². The van der Waals surface area contributed by atoms with E-state index in [0.29, 0.717) is 0 Å². The number of nitrogens with zero attached hydrogens (tertiary/aromatic N) is 2. The molecule has 0 aromatic carbocycles. The summed E-state index contributed by atoms with van der Waals surface area (Å²) in [5.41, 5.74) is 0. The first-order valence-corrected chi connectivity index (χ1v) is 7.28. The maximum absolute atomic E-state index is 5.30. The van der Waals surface area contributed by atoms with Crippen molar-refractivity contribution in [2.45, 2.75) is 39.5 Å². The second-order valence-electron chi connectivity index (χ2n) is 3.85. The van der Waals surface area contributed by atoms with Gasteiger partial charge in [-0.1, -0.05) is 6.92 Å². The first-order chi connectivity index (χ1) is 8.36. The molecule has 1 rings (SSSR count). The molecule has 0 bridgehead atoms. The van der Waals surface area contributed by atoms with Crippen molar-refractivity contribution in [3.05, 3.63) is 10.0 Å². The lowest BCUT2D eigenvalue weighted by molar-refractivity contribution is 0.145. The molecule has 0 atom stereocenters. The van der Waals surface area contributed by atoms with Crippen molar-refractivity contribution in [1.29, 1.82) is 0 Å². The van der Waals surface area contributed by atoms with Crippen LogP contribution in [0, 0.1) is 0 Å². The predicted molar refractivity (Wildman–Crippen MR) is 71.6 cm³/mol. The van der Waals surface area contributed by atoms with Crippen LogP contribution in [0.2, 0.25) is 0 Å². The fourth-order valence-corrected chi connectivity index (χ4v) is 2.43. The van der Waals surface area contributed by atoms with Gasteiger partial charge in [-0.15, -0.1) is 21.5 Å². The van der Waals surface area contributed by atoms with Crippen LogP contribution in [0.3, 0.4) is 0 Å². The highest BCUT2D eigenvalue weighted by Crippen LogP contribution is 2.13. The molecule has 17 heavy (non-hydrogen) atoms. The predicted octanol–water partition coefficient (Wildman–Crippen LogP) is 2.05. The number of aryl methyl sites for hydroxylation is 2. The van der Waals surface area contributed by atoms with Gasteiger partial charge in [0.2, 0.25) is 0 Å². The minimum atomic E-state index is 0.797. The summed E-state index contributed by atoms with van der Waals surface area (Å²) in [5.74, 6) is 0. The lowest BCUT2D eigenvalue weighted by Gasteiger charge is -1.98. The molecule has 1 heterocycles. The molecular formula is C12H23N3OS. The number of rotatable bonds is 10. The summed E-state index contributed by atoms with van der Waals surface area (Å²) in [5, 5.41) is 14.0. The fraction of sp³-hybridized carbons (Fsp3) is 0.833. The monoisotopic (exact) mass is 257 g/mol. The fourth-order valence-electron chi connectivity index (χ4n) is 1.50. The summed E-state index contributed by atoms with van der Waals surface area (Å²) in [6.45, 7) is 7.88. The maximum Gasteiger partial charge on any atom is 0.117 e. The largest absolute Gasteiger partial charge is 0.382 e. The van der Waals surface area contributed by atoms with Gasteiger partial charge in [-0.2, -0.15) is 0 Å². The minimum absolute atomic E-state index is 0.797. The van der Waals surface area contributed by atoms with Gasteiger partial charge in [-0.3, -0.25) is 0 Å². The standard InChI is InChI=1S/C12H23N3OS/c1-3-13-9-5-7-11-14-15-12(17-11)8-6-10-16-4-2/h13H,3-10H2,1-2H3. The topological polar surface area (TPSA) is 47.0 Å². The normalized spacial score (nSPS) is 10.9. The zero-order chi connectivity index (χ0) is 12.3. The number of hydrogen-bond acceptors (Lipinski definition) is 5. The van der Waals surface area contributed by atoms with E-state index in [1.807, 2.05) is 6.92 Å². The third-order valence-electron chi connectivity index (χ3n) is 2.39. The molecule has 0 radical (unpaired) electrons. The zero-order valence-corrected chi connectivity index (χ0v) is 11.7. The Balaban J connectivity index is 2.14. The van der Waals surface area contributed by atoms with E-state index in [1.165, 1.54) is 0 Å². The molecule has 98 valence electrons. The van der Waals surface area contributed by atoms with Gasteiger partial charge in [-0.25, -0.2) is 0 Å². The SMILES string of the molecule is CCNCCCc1nnc(CCCOCC)s1. The second-order valence-corrected chi connectivity index (χ2v) is 4.99. The van der Waals surface area contributed by atoms with Crippen LogP contribution in [0.4, 0.5) is 0 Å². The molecule has 0 aliphatic rings. The molecule has 0 fully saturated rings. The molecule has 4 nitrogen and oxygen atoms in total. The van der Waals surface area contributed by atoms with Crippen LogP contribution in [-0.4, -0.2) is 36.5 Å². The summed E-state index contributed by atoms with van der Waals surface area (Å²) >= 11 is 1.74. The Morgan fingerprint density at radius 1 is 1.12 bits per heavy atom. The molecule has 0 saturated heterocycles. The van der Waals surface area contributed by atoms with E-state index in [1.54, 1.807) is 11.3 Å². The van der Waals surface area contributed by atoms with Gasteiger partial charge < -0.3 is 10.1 Å². The third kappa shape index (κ3) is 6.71. The van der Waals surface area contributed by atoms with Crippen LogP contribution in [0.1, 0.15) is 36.7 Å². The van der Waals surface area contributed by atoms with Crippen molar-refractivity contribution in [2.24, 2.45) is 0 Å². The molecule has 1 aromatic heterocycles. The molecule has 0 aliphatic carbocycles. The van der Waals surface area contributed by atoms with Crippen molar-refractivity contribution in [3.63, 3.8) is 0 Å². The Labute approximate surface area is 108 Å². The summed E-state index contributed by atoms with van der Waals surface area (Å²) in [6, 6.07) is 0. The Morgan fingerprint density at radius 3 is 2.47 bits per heavy atom. The van der Waals surface area contributed by atoms with Crippen LogP contribution < -0.4 is 5.32 Å². The van der Waals surface area contributed by atoms with E-state index >= 15 is 0 Å². The Hall–Kier alpha value is -0.520. The van der Waals surface area contributed by atoms with Crippen LogP contribution in [0.5, 0.6) is 0 Å². The van der Waals surface area contributed by atoms with Gasteiger partial charge in [0.05, 0.1) is 0 Å². The van der Waals surface area contributed by atoms with Crippen molar-refractivity contribution in [2.75, 3.05) is 26.3 Å². The van der Waals surface area contributed by atoms with E-state index in [0.717, 1.165) is 62.0 Å². The minimum Gasteiger partial charge on any atom is -0.382 e. The first kappa shape index (κ1) is 14.5. The summed E-state index contributed by atoms with van der Waals surface area (Å²) in [7, 11) is 0. The highest BCUT2D eigenvalue weighted by atomic mass is 32.1. The molecule has 5 heteroatoms. The molecule has 1 aromatic rings. The second kappa shape index (κ2) is 9.50. The molecule has 0 amide bonds. The van der Waals surface area contributed by atoms with E-state index in [4.69, 9.17) is 4.74 Å². The van der Waals surface area contributed by atoms with Crippen molar-refractivity contribution >= 4 is 11.3 Å². The van der Waals surface area contributed by atoms with Crippen molar-refractivity contribution in [1.82, 2.24) is 15.5 Å². The van der Waals surface area contributed by atoms with E-state index in [2.05, 4.69) is 22.4 Å². The first-order valence-electron chi connectivity index (χ1n) is 6.46. The highest BCUT2D eigenvalue weighted by Gasteiger charge is 2.03. The lowest BCUT2D eigenvalue weighted by Crippen LogP contribution is -2.14. The molecule has 0 aliphatic heterocycles. The number of aromatic nitrogens is 2. The average molecular weight is 257 g/mol. The third-order valence-corrected chi connectivity index (χ3v) is 3.43. The lowest BCUT2D eigenvalue weighted by atomic mass is 10.3.